The molecule has 0 spiro atoms. The molecule has 1 saturated carbocycles. The molecule has 4 nitrogen and oxygen atoms in total. The van der Waals surface area contributed by atoms with Gasteiger partial charge in [0, 0.05) is 29.5 Å². The first-order valence-electron chi connectivity index (χ1n) is 11.9. The minimum atomic E-state index is -4.79. The number of aromatic nitrogens is 1. The second-order valence-corrected chi connectivity index (χ2v) is 9.98. The van der Waals surface area contributed by atoms with E-state index in [0.717, 1.165) is 24.4 Å². The van der Waals surface area contributed by atoms with Crippen molar-refractivity contribution in [3.8, 4) is 0 Å². The molecule has 1 fully saturated rings. The van der Waals surface area contributed by atoms with Crippen molar-refractivity contribution < 1.29 is 39.9 Å². The minimum absolute atomic E-state index is 0.0241. The van der Waals surface area contributed by atoms with Crippen molar-refractivity contribution in [1.29, 1.82) is 0 Å². The van der Waals surface area contributed by atoms with Crippen LogP contribution in [0.2, 0.25) is 0 Å². The van der Waals surface area contributed by atoms with E-state index in [1.165, 1.54) is 12.1 Å². The van der Waals surface area contributed by atoms with Crippen LogP contribution in [0.25, 0.3) is 5.57 Å². The molecule has 13 heteroatoms. The fourth-order valence-electron chi connectivity index (χ4n) is 5.07. The highest BCUT2D eigenvalue weighted by Crippen LogP contribution is 2.51. The molecule has 0 saturated heterocycles. The van der Waals surface area contributed by atoms with E-state index < -0.39 is 53.8 Å². The maximum Gasteiger partial charge on any atom is 0.433 e. The Morgan fingerprint density at radius 3 is 2.21 bits per heavy atom. The third-order valence-electron chi connectivity index (χ3n) is 6.93. The Labute approximate surface area is 222 Å². The third kappa shape index (κ3) is 6.27. The number of carbonyl (C=O) groups is 1. The first-order chi connectivity index (χ1) is 18.1. The van der Waals surface area contributed by atoms with Gasteiger partial charge in [-0.3, -0.25) is 15.5 Å². The highest BCUT2D eigenvalue weighted by molar-refractivity contribution is 6.36. The van der Waals surface area contributed by atoms with Gasteiger partial charge >= 0.3 is 12.4 Å². The number of carbonyl (C=O) groups excluding carboxylic acids is 1. The lowest BCUT2D eigenvalue weighted by molar-refractivity contribution is -0.183. The van der Waals surface area contributed by atoms with Gasteiger partial charge in [0.15, 0.2) is 5.79 Å². The van der Waals surface area contributed by atoms with Crippen molar-refractivity contribution in [3.05, 3.63) is 75.8 Å². The fraction of sp³-hybridized carbons (Fsp3) is 0.385. The number of alkyl halides is 7. The number of nitrogens with zero attached hydrogens (tertiary/aromatic N) is 1. The SMILES string of the molecule is NC1(F)CC(C(=O)Nc2ccnc(C(F)(F)F)c2)=C(Cl)C(C2CCC(C(F)(F)F)CC2)=C1c1ccc(F)cc1. The molecule has 1 heterocycles. The van der Waals surface area contributed by atoms with Gasteiger partial charge < -0.3 is 5.32 Å². The smallest absolute Gasteiger partial charge is 0.322 e. The molecule has 1 aromatic heterocycles. The van der Waals surface area contributed by atoms with Gasteiger partial charge in [0.25, 0.3) is 5.91 Å². The van der Waals surface area contributed by atoms with Crippen molar-refractivity contribution in [2.75, 3.05) is 5.32 Å². The monoisotopic (exact) mass is 579 g/mol. The molecule has 2 aliphatic rings. The summed E-state index contributed by atoms with van der Waals surface area (Å²) in [6.45, 7) is 0. The van der Waals surface area contributed by atoms with E-state index in [2.05, 4.69) is 10.3 Å². The summed E-state index contributed by atoms with van der Waals surface area (Å²) in [7, 11) is 0. The molecular formula is C26H22ClF8N3O. The van der Waals surface area contributed by atoms with Crippen LogP contribution in [-0.2, 0) is 11.0 Å². The molecule has 210 valence electrons. The number of benzene rings is 1. The lowest BCUT2D eigenvalue weighted by atomic mass is 9.71. The van der Waals surface area contributed by atoms with Crippen LogP contribution < -0.4 is 11.1 Å². The minimum Gasteiger partial charge on any atom is -0.322 e. The Morgan fingerprint density at radius 1 is 1.03 bits per heavy atom. The number of pyridine rings is 1. The number of hydrogen-bond acceptors (Lipinski definition) is 3. The van der Waals surface area contributed by atoms with E-state index in [-0.39, 0.29) is 58.7 Å². The van der Waals surface area contributed by atoms with Crippen molar-refractivity contribution in [2.24, 2.45) is 17.6 Å². The molecule has 2 aliphatic carbocycles. The quantitative estimate of drug-likeness (QED) is 0.291. The molecule has 1 amide bonds. The molecule has 0 radical (unpaired) electrons. The highest BCUT2D eigenvalue weighted by atomic mass is 35.5. The van der Waals surface area contributed by atoms with Crippen LogP contribution in [0.1, 0.15) is 43.4 Å². The highest BCUT2D eigenvalue weighted by Gasteiger charge is 2.47. The number of nitrogens with one attached hydrogen (secondary N) is 1. The van der Waals surface area contributed by atoms with E-state index in [9.17, 15) is 35.5 Å². The molecule has 39 heavy (non-hydrogen) atoms. The van der Waals surface area contributed by atoms with Gasteiger partial charge in [-0.1, -0.05) is 23.7 Å². The first-order valence-corrected chi connectivity index (χ1v) is 12.2. The van der Waals surface area contributed by atoms with Gasteiger partial charge in [-0.25, -0.2) is 8.78 Å². The van der Waals surface area contributed by atoms with Gasteiger partial charge in [-0.15, -0.1) is 0 Å². The Hall–Kier alpha value is -2.99. The summed E-state index contributed by atoms with van der Waals surface area (Å²) in [4.78, 5) is 16.3. The molecular weight excluding hydrogens is 558 g/mol. The zero-order valence-corrected chi connectivity index (χ0v) is 20.8. The van der Waals surface area contributed by atoms with E-state index in [4.69, 9.17) is 17.3 Å². The second kappa shape index (κ2) is 10.5. The summed E-state index contributed by atoms with van der Waals surface area (Å²) in [5.74, 6) is -6.68. The van der Waals surface area contributed by atoms with Gasteiger partial charge in [0.2, 0.25) is 0 Å². The van der Waals surface area contributed by atoms with Crippen molar-refractivity contribution in [3.63, 3.8) is 0 Å². The Bertz CT molecular complexity index is 1310. The number of allylic oxidation sites excluding steroid dienone is 2. The summed E-state index contributed by atoms with van der Waals surface area (Å²) in [6, 6.07) is 6.28. The van der Waals surface area contributed by atoms with Crippen LogP contribution in [0.5, 0.6) is 0 Å². The van der Waals surface area contributed by atoms with Crippen LogP contribution in [0, 0.1) is 17.7 Å². The topological polar surface area (TPSA) is 68.0 Å². The summed E-state index contributed by atoms with van der Waals surface area (Å²) in [6.07, 6.45) is -9.76. The Balaban J connectivity index is 1.77. The van der Waals surface area contributed by atoms with Gasteiger partial charge in [0.1, 0.15) is 11.5 Å². The molecule has 4 rings (SSSR count). The maximum atomic E-state index is 16.2. The van der Waals surface area contributed by atoms with E-state index >= 15 is 4.39 Å². The predicted molar refractivity (Wildman–Crippen MR) is 128 cm³/mol. The summed E-state index contributed by atoms with van der Waals surface area (Å²) < 4.78 is 109. The fourth-order valence-corrected chi connectivity index (χ4v) is 5.48. The molecule has 0 bridgehead atoms. The predicted octanol–water partition coefficient (Wildman–Crippen LogP) is 7.52. The number of anilines is 1. The van der Waals surface area contributed by atoms with Crippen LogP contribution in [0.15, 0.2) is 58.8 Å². The first kappa shape index (κ1) is 29.0. The molecule has 2 aromatic rings. The van der Waals surface area contributed by atoms with E-state index in [0.29, 0.717) is 6.07 Å². The second-order valence-electron chi connectivity index (χ2n) is 9.60. The van der Waals surface area contributed by atoms with Gasteiger partial charge in [-0.2, -0.15) is 26.3 Å². The molecule has 3 N–H and O–H groups in total. The normalized spacial score (nSPS) is 24.7. The van der Waals surface area contributed by atoms with E-state index in [1.807, 2.05) is 0 Å². The molecule has 1 unspecified atom stereocenters. The van der Waals surface area contributed by atoms with Gasteiger partial charge in [0.05, 0.1) is 11.0 Å². The van der Waals surface area contributed by atoms with Crippen molar-refractivity contribution in [2.45, 2.75) is 50.2 Å². The van der Waals surface area contributed by atoms with Crippen LogP contribution in [0.3, 0.4) is 0 Å². The largest absolute Gasteiger partial charge is 0.433 e. The Morgan fingerprint density at radius 2 is 1.64 bits per heavy atom. The summed E-state index contributed by atoms with van der Waals surface area (Å²) in [5.41, 5.74) is 4.05. The number of amides is 1. The van der Waals surface area contributed by atoms with Crippen molar-refractivity contribution >= 4 is 28.8 Å². The standard InChI is InChI=1S/C26H22ClF8N3O/c27-22-18(23(39)38-17-9-10-37-19(11-17)26(33,34)35)12-24(29,36)21(14-3-7-16(28)8-4-14)20(22)13-1-5-15(6-2-13)25(30,31)32/h3-4,7-11,13,15H,1-2,5-6,12,36H2,(H,37,38,39). The zero-order chi connectivity index (χ0) is 28.8. The summed E-state index contributed by atoms with van der Waals surface area (Å²) in [5, 5.41) is 1.98. The number of hydrogen-bond donors (Lipinski definition) is 2. The lowest BCUT2D eigenvalue weighted by Gasteiger charge is -2.38. The Kier molecular flexibility index (Phi) is 7.83. The number of rotatable bonds is 4. The molecule has 1 aromatic carbocycles. The van der Waals surface area contributed by atoms with Crippen LogP contribution in [0.4, 0.5) is 40.8 Å². The van der Waals surface area contributed by atoms with Crippen LogP contribution in [-0.4, -0.2) is 22.9 Å². The average molecular weight is 580 g/mol. The van der Waals surface area contributed by atoms with Crippen LogP contribution >= 0.6 is 11.6 Å². The average Bonchev–Trinajstić information content (AvgIpc) is 2.85. The maximum absolute atomic E-state index is 16.2. The van der Waals surface area contributed by atoms with Crippen molar-refractivity contribution in [1.82, 2.24) is 4.98 Å². The van der Waals surface area contributed by atoms with E-state index in [1.54, 1.807) is 0 Å². The molecule has 1 atom stereocenters. The molecule has 0 aliphatic heterocycles. The number of halogens is 9. The third-order valence-corrected chi connectivity index (χ3v) is 7.37. The lowest BCUT2D eigenvalue weighted by Crippen LogP contribution is -2.42. The van der Waals surface area contributed by atoms with Gasteiger partial charge in [-0.05, 0) is 67.0 Å². The summed E-state index contributed by atoms with van der Waals surface area (Å²) >= 11 is 6.63. The zero-order valence-electron chi connectivity index (χ0n) is 20.1. The number of nitrogens with two attached hydrogens (primary N) is 1.